The summed E-state index contributed by atoms with van der Waals surface area (Å²) in [5.74, 6) is 0.737. The molecule has 0 aliphatic carbocycles. The van der Waals surface area contributed by atoms with E-state index in [-0.39, 0.29) is 0 Å². The zero-order valence-corrected chi connectivity index (χ0v) is 13.4. The van der Waals surface area contributed by atoms with E-state index in [1.165, 1.54) is 49.3 Å². The molecular formula is C16H28N2S. The lowest BCUT2D eigenvalue weighted by Gasteiger charge is -2.29. The van der Waals surface area contributed by atoms with Gasteiger partial charge in [-0.2, -0.15) is 0 Å². The van der Waals surface area contributed by atoms with Crippen LogP contribution >= 0.6 is 11.3 Å². The van der Waals surface area contributed by atoms with Crippen LogP contribution in [-0.2, 0) is 0 Å². The van der Waals surface area contributed by atoms with Gasteiger partial charge in [-0.05, 0) is 69.3 Å². The first-order valence-electron chi connectivity index (χ1n) is 7.66. The van der Waals surface area contributed by atoms with Gasteiger partial charge in [-0.3, -0.25) is 0 Å². The highest BCUT2D eigenvalue weighted by molar-refractivity contribution is 7.10. The maximum absolute atomic E-state index is 3.70. The molecule has 0 bridgehead atoms. The van der Waals surface area contributed by atoms with E-state index in [0.29, 0.717) is 6.04 Å². The second-order valence-electron chi connectivity index (χ2n) is 6.06. The number of thiophene rings is 1. The molecule has 19 heavy (non-hydrogen) atoms. The average Bonchev–Trinajstić information content (AvgIpc) is 2.83. The van der Waals surface area contributed by atoms with Crippen LogP contribution < -0.4 is 5.32 Å². The van der Waals surface area contributed by atoms with Crippen LogP contribution in [0.3, 0.4) is 0 Å². The lowest BCUT2D eigenvalue weighted by Crippen LogP contribution is -2.37. The Kier molecular flexibility index (Phi) is 5.86. The Balaban J connectivity index is 1.71. The monoisotopic (exact) mass is 280 g/mol. The minimum atomic E-state index is 0.490. The Morgan fingerprint density at radius 1 is 1.26 bits per heavy atom. The first-order chi connectivity index (χ1) is 9.16. The Hall–Kier alpha value is -0.380. The van der Waals surface area contributed by atoms with Crippen LogP contribution in [-0.4, -0.2) is 31.1 Å². The summed E-state index contributed by atoms with van der Waals surface area (Å²) in [7, 11) is 0. The maximum Gasteiger partial charge on any atom is 0.0388 e. The van der Waals surface area contributed by atoms with Crippen LogP contribution in [0, 0.1) is 12.8 Å². The molecule has 0 radical (unpaired) electrons. The van der Waals surface area contributed by atoms with Crippen LogP contribution in [0.4, 0.5) is 0 Å². The highest BCUT2D eigenvalue weighted by Gasteiger charge is 2.15. The third kappa shape index (κ3) is 4.59. The van der Waals surface area contributed by atoms with Crippen molar-refractivity contribution < 1.29 is 0 Å². The quantitative estimate of drug-likeness (QED) is 0.852. The summed E-state index contributed by atoms with van der Waals surface area (Å²) in [6, 6.07) is 2.71. The molecule has 1 aliphatic rings. The van der Waals surface area contributed by atoms with Gasteiger partial charge in [0.2, 0.25) is 0 Å². The van der Waals surface area contributed by atoms with Crippen LogP contribution in [0.25, 0.3) is 0 Å². The molecule has 0 amide bonds. The van der Waals surface area contributed by atoms with E-state index in [4.69, 9.17) is 0 Å². The van der Waals surface area contributed by atoms with Gasteiger partial charge >= 0.3 is 0 Å². The summed E-state index contributed by atoms with van der Waals surface area (Å²) in [4.78, 5) is 4.13. The molecule has 2 unspecified atom stereocenters. The summed E-state index contributed by atoms with van der Waals surface area (Å²) in [6.07, 6.45) is 4.22. The van der Waals surface area contributed by atoms with Crippen molar-refractivity contribution in [3.8, 4) is 0 Å². The maximum atomic E-state index is 3.70. The van der Waals surface area contributed by atoms with E-state index in [9.17, 15) is 0 Å². The van der Waals surface area contributed by atoms with Crippen molar-refractivity contribution >= 4 is 11.3 Å². The molecule has 1 aromatic heterocycles. The third-order valence-electron chi connectivity index (χ3n) is 4.09. The molecule has 108 valence electrons. The molecule has 0 aromatic carbocycles. The zero-order chi connectivity index (χ0) is 13.7. The second-order valence-corrected chi connectivity index (χ2v) is 7.01. The minimum absolute atomic E-state index is 0.490. The second kappa shape index (κ2) is 7.41. The van der Waals surface area contributed by atoms with E-state index in [1.54, 1.807) is 0 Å². The molecule has 2 nitrogen and oxygen atoms in total. The summed E-state index contributed by atoms with van der Waals surface area (Å²) in [5, 5.41) is 5.89. The number of hydrogen-bond donors (Lipinski definition) is 1. The van der Waals surface area contributed by atoms with E-state index < -0.39 is 0 Å². The van der Waals surface area contributed by atoms with Crippen molar-refractivity contribution in [2.75, 3.05) is 26.2 Å². The van der Waals surface area contributed by atoms with Crippen LogP contribution in [0.5, 0.6) is 0 Å². The van der Waals surface area contributed by atoms with Crippen LogP contribution in [0.1, 0.15) is 49.6 Å². The largest absolute Gasteiger partial charge is 0.309 e. The van der Waals surface area contributed by atoms with Crippen molar-refractivity contribution in [2.45, 2.75) is 46.1 Å². The van der Waals surface area contributed by atoms with Gasteiger partial charge in [0.15, 0.2) is 0 Å². The normalized spacial score (nSPS) is 20.4. The smallest absolute Gasteiger partial charge is 0.0388 e. The van der Waals surface area contributed by atoms with Crippen LogP contribution in [0.15, 0.2) is 11.4 Å². The van der Waals surface area contributed by atoms with Gasteiger partial charge in [0.1, 0.15) is 0 Å². The fourth-order valence-corrected chi connectivity index (χ4v) is 3.91. The number of nitrogens with zero attached hydrogens (tertiary/aromatic N) is 1. The lowest BCUT2D eigenvalue weighted by molar-refractivity contribution is 0.197. The first kappa shape index (κ1) is 15.0. The highest BCUT2D eigenvalue weighted by Crippen LogP contribution is 2.23. The standard InChI is InChI=1S/C16H28N2S/c1-13(12-18-8-5-4-6-9-18)11-17-15(3)16-14(2)7-10-19-16/h7,10,13,15,17H,4-6,8-9,11-12H2,1-3H3. The Bertz CT molecular complexity index is 369. The number of likely N-dealkylation sites (tertiary alicyclic amines) is 1. The van der Waals surface area contributed by atoms with Crippen molar-refractivity contribution in [2.24, 2.45) is 5.92 Å². The van der Waals surface area contributed by atoms with Crippen molar-refractivity contribution in [3.05, 3.63) is 21.9 Å². The summed E-state index contributed by atoms with van der Waals surface area (Å²) < 4.78 is 0. The molecule has 0 saturated carbocycles. The molecule has 1 saturated heterocycles. The predicted molar refractivity (Wildman–Crippen MR) is 84.9 cm³/mol. The Morgan fingerprint density at radius 3 is 2.63 bits per heavy atom. The minimum Gasteiger partial charge on any atom is -0.309 e. The van der Waals surface area contributed by atoms with Gasteiger partial charge in [0.05, 0.1) is 0 Å². The number of piperidine rings is 1. The Labute approximate surface area is 122 Å². The average molecular weight is 280 g/mol. The van der Waals surface area contributed by atoms with E-state index in [0.717, 1.165) is 12.5 Å². The van der Waals surface area contributed by atoms with E-state index in [2.05, 4.69) is 42.4 Å². The van der Waals surface area contributed by atoms with E-state index in [1.807, 2.05) is 11.3 Å². The van der Waals surface area contributed by atoms with E-state index >= 15 is 0 Å². The number of rotatable bonds is 6. The summed E-state index contributed by atoms with van der Waals surface area (Å²) in [5.41, 5.74) is 1.42. The predicted octanol–water partition coefficient (Wildman–Crippen LogP) is 3.83. The summed E-state index contributed by atoms with van der Waals surface area (Å²) >= 11 is 1.87. The zero-order valence-electron chi connectivity index (χ0n) is 12.6. The fraction of sp³-hybridized carbons (Fsp3) is 0.750. The van der Waals surface area contributed by atoms with Crippen molar-refractivity contribution in [1.29, 1.82) is 0 Å². The lowest BCUT2D eigenvalue weighted by atomic mass is 10.1. The van der Waals surface area contributed by atoms with Gasteiger partial charge in [0.25, 0.3) is 0 Å². The third-order valence-corrected chi connectivity index (χ3v) is 5.29. The molecule has 2 rings (SSSR count). The van der Waals surface area contributed by atoms with Gasteiger partial charge in [-0.1, -0.05) is 13.3 Å². The molecule has 2 heterocycles. The molecule has 1 N–H and O–H groups in total. The SMILES string of the molecule is Cc1ccsc1C(C)NCC(C)CN1CCCCC1. The van der Waals surface area contributed by atoms with Gasteiger partial charge in [-0.15, -0.1) is 11.3 Å². The Morgan fingerprint density at radius 2 is 2.00 bits per heavy atom. The first-order valence-corrected chi connectivity index (χ1v) is 8.54. The number of aryl methyl sites for hydroxylation is 1. The molecule has 3 heteroatoms. The molecule has 1 aliphatic heterocycles. The number of nitrogens with one attached hydrogen (secondary N) is 1. The topological polar surface area (TPSA) is 15.3 Å². The van der Waals surface area contributed by atoms with Gasteiger partial charge in [-0.25, -0.2) is 0 Å². The molecule has 1 fully saturated rings. The molecule has 1 aromatic rings. The highest BCUT2D eigenvalue weighted by atomic mass is 32.1. The molecular weight excluding hydrogens is 252 g/mol. The van der Waals surface area contributed by atoms with Crippen LogP contribution in [0.2, 0.25) is 0 Å². The van der Waals surface area contributed by atoms with Crippen molar-refractivity contribution in [1.82, 2.24) is 10.2 Å². The number of hydrogen-bond acceptors (Lipinski definition) is 3. The van der Waals surface area contributed by atoms with Gasteiger partial charge in [0, 0.05) is 17.5 Å². The van der Waals surface area contributed by atoms with Gasteiger partial charge < -0.3 is 10.2 Å². The molecule has 0 spiro atoms. The molecule has 2 atom stereocenters. The van der Waals surface area contributed by atoms with Crippen molar-refractivity contribution in [3.63, 3.8) is 0 Å². The summed E-state index contributed by atoms with van der Waals surface area (Å²) in [6.45, 7) is 11.9. The fourth-order valence-electron chi connectivity index (χ4n) is 2.95.